The predicted molar refractivity (Wildman–Crippen MR) is 33.4 cm³/mol. The van der Waals surface area contributed by atoms with Gasteiger partial charge in [-0.2, -0.15) is 0 Å². The highest BCUT2D eigenvalue weighted by Crippen LogP contribution is 2.26. The van der Waals surface area contributed by atoms with E-state index in [-0.39, 0.29) is 18.0 Å². The maximum absolute atomic E-state index is 10.9. The second-order valence-corrected chi connectivity index (χ2v) is 2.86. The summed E-state index contributed by atoms with van der Waals surface area (Å²) in [6.07, 6.45) is 1.90. The maximum atomic E-state index is 10.9. The molecule has 0 saturated carbocycles. The summed E-state index contributed by atoms with van der Waals surface area (Å²) in [5.41, 5.74) is 0. The summed E-state index contributed by atoms with van der Waals surface area (Å²) in [7, 11) is 0. The lowest BCUT2D eigenvalue weighted by molar-refractivity contribution is -0.148. The van der Waals surface area contributed by atoms with Gasteiger partial charge in [0, 0.05) is 6.42 Å². The SMILES string of the molecule is O=C1O[C@@H]2CCOC[C@H]1C2. The lowest BCUT2D eigenvalue weighted by atomic mass is 10.1. The molecule has 2 aliphatic rings. The van der Waals surface area contributed by atoms with Gasteiger partial charge in [-0.05, 0) is 6.42 Å². The van der Waals surface area contributed by atoms with E-state index in [0.717, 1.165) is 19.4 Å². The Labute approximate surface area is 59.3 Å². The highest BCUT2D eigenvalue weighted by Gasteiger charge is 2.36. The third-order valence-electron chi connectivity index (χ3n) is 2.07. The molecule has 2 fully saturated rings. The van der Waals surface area contributed by atoms with E-state index < -0.39 is 0 Å². The van der Waals surface area contributed by atoms with E-state index in [4.69, 9.17) is 9.47 Å². The van der Waals surface area contributed by atoms with Gasteiger partial charge < -0.3 is 9.47 Å². The predicted octanol–water partition coefficient (Wildman–Crippen LogP) is 0.338. The minimum atomic E-state index is -0.0651. The summed E-state index contributed by atoms with van der Waals surface area (Å²) in [6, 6.07) is 0. The van der Waals surface area contributed by atoms with Crippen molar-refractivity contribution in [3.63, 3.8) is 0 Å². The molecule has 2 saturated heterocycles. The van der Waals surface area contributed by atoms with E-state index >= 15 is 0 Å². The number of esters is 1. The minimum absolute atomic E-state index is 0.0347. The third-order valence-corrected chi connectivity index (χ3v) is 2.07. The number of ether oxygens (including phenoxy) is 2. The molecule has 2 rings (SSSR count). The smallest absolute Gasteiger partial charge is 0.311 e. The summed E-state index contributed by atoms with van der Waals surface area (Å²) in [5, 5.41) is 0. The highest BCUT2D eigenvalue weighted by molar-refractivity contribution is 5.74. The molecule has 3 heteroatoms. The van der Waals surface area contributed by atoms with Gasteiger partial charge in [0.1, 0.15) is 6.10 Å². The molecule has 0 radical (unpaired) electrons. The van der Waals surface area contributed by atoms with Gasteiger partial charge >= 0.3 is 5.97 Å². The third kappa shape index (κ3) is 0.904. The molecule has 3 nitrogen and oxygen atoms in total. The van der Waals surface area contributed by atoms with Crippen LogP contribution in [-0.2, 0) is 14.3 Å². The van der Waals surface area contributed by atoms with Gasteiger partial charge in [0.05, 0.1) is 19.1 Å². The average molecular weight is 142 g/mol. The van der Waals surface area contributed by atoms with Crippen LogP contribution in [0.3, 0.4) is 0 Å². The van der Waals surface area contributed by atoms with Crippen LogP contribution in [0.4, 0.5) is 0 Å². The Morgan fingerprint density at radius 2 is 2.40 bits per heavy atom. The van der Waals surface area contributed by atoms with E-state index in [1.807, 2.05) is 0 Å². The molecule has 0 aliphatic carbocycles. The molecule has 56 valence electrons. The molecule has 2 heterocycles. The number of carbonyl (C=O) groups is 1. The van der Waals surface area contributed by atoms with Crippen LogP contribution < -0.4 is 0 Å². The van der Waals surface area contributed by atoms with Crippen LogP contribution in [0.15, 0.2) is 0 Å². The second kappa shape index (κ2) is 2.23. The standard InChI is InChI=1S/C7H10O3/c8-7-5-3-6(10-7)1-2-9-4-5/h5-6H,1-4H2/t5-,6-/m1/s1. The molecule has 0 amide bonds. The van der Waals surface area contributed by atoms with Crippen molar-refractivity contribution in [1.29, 1.82) is 0 Å². The molecule has 2 atom stereocenters. The van der Waals surface area contributed by atoms with E-state index in [2.05, 4.69) is 0 Å². The van der Waals surface area contributed by atoms with Crippen LogP contribution in [0.1, 0.15) is 12.8 Å². The zero-order valence-corrected chi connectivity index (χ0v) is 5.71. The van der Waals surface area contributed by atoms with Crippen molar-refractivity contribution in [3.8, 4) is 0 Å². The molecule has 0 aromatic carbocycles. The van der Waals surface area contributed by atoms with Crippen molar-refractivity contribution in [3.05, 3.63) is 0 Å². The van der Waals surface area contributed by atoms with Crippen LogP contribution in [0.25, 0.3) is 0 Å². The molecule has 10 heavy (non-hydrogen) atoms. The fraction of sp³-hybridized carbons (Fsp3) is 0.857. The minimum Gasteiger partial charge on any atom is -0.462 e. The number of fused-ring (bicyclic) bond motifs is 2. The molecule has 0 unspecified atom stereocenters. The Balaban J connectivity index is 2.09. The quantitative estimate of drug-likeness (QED) is 0.457. The van der Waals surface area contributed by atoms with Crippen LogP contribution >= 0.6 is 0 Å². The molecular formula is C7H10O3. The van der Waals surface area contributed by atoms with E-state index in [1.165, 1.54) is 0 Å². The van der Waals surface area contributed by atoms with Gasteiger partial charge in [-0.25, -0.2) is 0 Å². The lowest BCUT2D eigenvalue weighted by Gasteiger charge is -2.08. The monoisotopic (exact) mass is 142 g/mol. The van der Waals surface area contributed by atoms with Crippen LogP contribution in [0, 0.1) is 5.92 Å². The van der Waals surface area contributed by atoms with Gasteiger partial charge in [-0.15, -0.1) is 0 Å². The Morgan fingerprint density at radius 1 is 1.50 bits per heavy atom. The van der Waals surface area contributed by atoms with Crippen molar-refractivity contribution < 1.29 is 14.3 Å². The molecule has 2 aliphatic heterocycles. The first kappa shape index (κ1) is 6.16. The van der Waals surface area contributed by atoms with E-state index in [0.29, 0.717) is 6.61 Å². The summed E-state index contributed by atoms with van der Waals surface area (Å²) < 4.78 is 10.2. The van der Waals surface area contributed by atoms with Crippen molar-refractivity contribution in [1.82, 2.24) is 0 Å². The number of hydrogen-bond donors (Lipinski definition) is 0. The van der Waals surface area contributed by atoms with Crippen LogP contribution in [-0.4, -0.2) is 25.3 Å². The van der Waals surface area contributed by atoms with Gasteiger partial charge in [-0.1, -0.05) is 0 Å². The molecule has 0 aromatic heterocycles. The molecule has 0 spiro atoms. The largest absolute Gasteiger partial charge is 0.462 e. The summed E-state index contributed by atoms with van der Waals surface area (Å²) >= 11 is 0. The normalized spacial score (nSPS) is 39.0. The Kier molecular flexibility index (Phi) is 1.38. The van der Waals surface area contributed by atoms with Crippen molar-refractivity contribution in [2.24, 2.45) is 5.92 Å². The maximum Gasteiger partial charge on any atom is 0.311 e. The second-order valence-electron chi connectivity index (χ2n) is 2.86. The van der Waals surface area contributed by atoms with Crippen molar-refractivity contribution in [2.75, 3.05) is 13.2 Å². The topological polar surface area (TPSA) is 35.5 Å². The van der Waals surface area contributed by atoms with Crippen LogP contribution in [0.5, 0.6) is 0 Å². The number of carbonyl (C=O) groups excluding carboxylic acids is 1. The van der Waals surface area contributed by atoms with E-state index in [1.54, 1.807) is 0 Å². The van der Waals surface area contributed by atoms with Gasteiger partial charge in [0.25, 0.3) is 0 Å². The van der Waals surface area contributed by atoms with Crippen molar-refractivity contribution in [2.45, 2.75) is 18.9 Å². The zero-order chi connectivity index (χ0) is 6.97. The first-order chi connectivity index (χ1) is 4.86. The number of rotatable bonds is 0. The molecule has 0 aromatic rings. The fourth-order valence-corrected chi connectivity index (χ4v) is 1.48. The van der Waals surface area contributed by atoms with E-state index in [9.17, 15) is 4.79 Å². The number of hydrogen-bond acceptors (Lipinski definition) is 3. The van der Waals surface area contributed by atoms with Crippen LogP contribution in [0.2, 0.25) is 0 Å². The summed E-state index contributed by atoms with van der Waals surface area (Å²) in [4.78, 5) is 10.9. The van der Waals surface area contributed by atoms with Gasteiger partial charge in [0.15, 0.2) is 0 Å². The Morgan fingerprint density at radius 3 is 3.30 bits per heavy atom. The summed E-state index contributed by atoms with van der Waals surface area (Å²) in [6.45, 7) is 1.31. The highest BCUT2D eigenvalue weighted by atomic mass is 16.6. The molecule has 2 bridgehead atoms. The zero-order valence-electron chi connectivity index (χ0n) is 5.71. The van der Waals surface area contributed by atoms with Crippen molar-refractivity contribution >= 4 is 5.97 Å². The Bertz CT molecular complexity index is 155. The average Bonchev–Trinajstić information content (AvgIpc) is 2.18. The lowest BCUT2D eigenvalue weighted by Crippen LogP contribution is -2.16. The first-order valence-electron chi connectivity index (χ1n) is 3.64. The Hall–Kier alpha value is -0.570. The molecule has 0 N–H and O–H groups in total. The fourth-order valence-electron chi connectivity index (χ4n) is 1.48. The summed E-state index contributed by atoms with van der Waals surface area (Å²) in [5.74, 6) is -0.0304. The van der Waals surface area contributed by atoms with Gasteiger partial charge in [-0.3, -0.25) is 4.79 Å². The molecular weight excluding hydrogens is 132 g/mol. The first-order valence-corrected chi connectivity index (χ1v) is 3.64. The van der Waals surface area contributed by atoms with Gasteiger partial charge in [0.2, 0.25) is 0 Å².